The van der Waals surface area contributed by atoms with Crippen LogP contribution in [0.15, 0.2) is 24.3 Å². The maximum atomic E-state index is 5.35. The Balaban J connectivity index is 2.02. The van der Waals surface area contributed by atoms with Gasteiger partial charge < -0.3 is 15.0 Å². The van der Waals surface area contributed by atoms with Crippen LogP contribution in [0, 0.1) is 11.3 Å². The zero-order valence-electron chi connectivity index (χ0n) is 14.1. The molecule has 0 radical (unpaired) electrons. The van der Waals surface area contributed by atoms with Gasteiger partial charge in [0.15, 0.2) is 0 Å². The Morgan fingerprint density at radius 3 is 2.71 bits per heavy atom. The summed E-state index contributed by atoms with van der Waals surface area (Å²) in [5, 5.41) is 3.75. The van der Waals surface area contributed by atoms with Crippen molar-refractivity contribution in [3.05, 3.63) is 24.3 Å². The van der Waals surface area contributed by atoms with E-state index in [-0.39, 0.29) is 0 Å². The average molecular weight is 290 g/mol. The Hall–Kier alpha value is -1.22. The van der Waals surface area contributed by atoms with Crippen molar-refractivity contribution in [2.75, 3.05) is 31.6 Å². The number of hydrogen-bond donors (Lipinski definition) is 1. The van der Waals surface area contributed by atoms with E-state index in [2.05, 4.69) is 56.1 Å². The molecule has 0 amide bonds. The van der Waals surface area contributed by atoms with E-state index in [0.29, 0.717) is 17.4 Å². The van der Waals surface area contributed by atoms with E-state index < -0.39 is 0 Å². The zero-order chi connectivity index (χ0) is 15.5. The summed E-state index contributed by atoms with van der Waals surface area (Å²) in [6.07, 6.45) is 1.26. The molecule has 2 rings (SSSR count). The molecule has 1 aromatic carbocycles. The van der Waals surface area contributed by atoms with Gasteiger partial charge in [0, 0.05) is 37.4 Å². The summed E-state index contributed by atoms with van der Waals surface area (Å²) in [4.78, 5) is 2.48. The van der Waals surface area contributed by atoms with Gasteiger partial charge >= 0.3 is 0 Å². The van der Waals surface area contributed by atoms with Crippen molar-refractivity contribution in [2.24, 2.45) is 11.3 Å². The number of nitrogens with zero attached hydrogens (tertiary/aromatic N) is 1. The van der Waals surface area contributed by atoms with Gasteiger partial charge in [-0.2, -0.15) is 0 Å². The van der Waals surface area contributed by atoms with E-state index in [4.69, 9.17) is 4.74 Å². The predicted octanol–water partition coefficient (Wildman–Crippen LogP) is 3.55. The predicted molar refractivity (Wildman–Crippen MR) is 90.2 cm³/mol. The van der Waals surface area contributed by atoms with Crippen LogP contribution < -0.4 is 15.0 Å². The minimum absolute atomic E-state index is 0.335. The van der Waals surface area contributed by atoms with Crippen molar-refractivity contribution < 1.29 is 4.74 Å². The Morgan fingerprint density at radius 2 is 2.05 bits per heavy atom. The summed E-state index contributed by atoms with van der Waals surface area (Å²) in [6.45, 7) is 12.5. The quantitative estimate of drug-likeness (QED) is 0.918. The third-order valence-corrected chi connectivity index (χ3v) is 4.00. The Morgan fingerprint density at radius 1 is 1.29 bits per heavy atom. The number of ether oxygens (including phenoxy) is 1. The number of methoxy groups -OCH3 is 1. The first-order chi connectivity index (χ1) is 9.87. The van der Waals surface area contributed by atoms with Crippen LogP contribution in [0.4, 0.5) is 5.69 Å². The second-order valence-electron chi connectivity index (χ2n) is 7.59. The van der Waals surface area contributed by atoms with E-state index >= 15 is 0 Å². The monoisotopic (exact) mass is 290 g/mol. The molecule has 1 N–H and O–H groups in total. The highest BCUT2D eigenvalue weighted by molar-refractivity contribution is 5.51. The first-order valence-corrected chi connectivity index (χ1v) is 8.00. The molecule has 0 saturated carbocycles. The number of piperidine rings is 1. The minimum atomic E-state index is 0.335. The second kappa shape index (κ2) is 6.69. The number of rotatable bonds is 4. The fourth-order valence-electron chi connectivity index (χ4n) is 2.97. The Labute approximate surface area is 129 Å². The van der Waals surface area contributed by atoms with E-state index in [1.165, 1.54) is 12.1 Å². The van der Waals surface area contributed by atoms with Crippen LogP contribution >= 0.6 is 0 Å². The largest absolute Gasteiger partial charge is 0.497 e. The molecule has 2 unspecified atom stereocenters. The molecule has 0 aliphatic carbocycles. The summed E-state index contributed by atoms with van der Waals surface area (Å²) < 4.78 is 5.35. The molecule has 21 heavy (non-hydrogen) atoms. The molecule has 0 spiro atoms. The topological polar surface area (TPSA) is 24.5 Å². The highest BCUT2D eigenvalue weighted by Crippen LogP contribution is 2.26. The third kappa shape index (κ3) is 4.92. The molecule has 1 fully saturated rings. The lowest BCUT2D eigenvalue weighted by Crippen LogP contribution is -2.50. The standard InChI is InChI=1S/C18H30N2O/c1-14-9-15(19-13-18(2,3)4)12-20(11-14)16-7-6-8-17(10-16)21-5/h6-8,10,14-15,19H,9,11-13H2,1-5H3. The maximum absolute atomic E-state index is 5.35. The molecule has 1 saturated heterocycles. The fourth-order valence-corrected chi connectivity index (χ4v) is 2.97. The van der Waals surface area contributed by atoms with Crippen LogP contribution in [0.25, 0.3) is 0 Å². The first-order valence-electron chi connectivity index (χ1n) is 8.00. The van der Waals surface area contributed by atoms with E-state index in [1.54, 1.807) is 7.11 Å². The van der Waals surface area contributed by atoms with Gasteiger partial charge in [-0.1, -0.05) is 33.8 Å². The highest BCUT2D eigenvalue weighted by atomic mass is 16.5. The number of nitrogens with one attached hydrogen (secondary N) is 1. The smallest absolute Gasteiger partial charge is 0.120 e. The first kappa shape index (κ1) is 16.2. The summed E-state index contributed by atoms with van der Waals surface area (Å²) in [6, 6.07) is 8.97. The third-order valence-electron chi connectivity index (χ3n) is 4.00. The molecule has 0 aromatic heterocycles. The zero-order valence-corrected chi connectivity index (χ0v) is 14.1. The van der Waals surface area contributed by atoms with Gasteiger partial charge in [-0.3, -0.25) is 0 Å². The van der Waals surface area contributed by atoms with Gasteiger partial charge in [0.25, 0.3) is 0 Å². The van der Waals surface area contributed by atoms with Crippen LogP contribution in [-0.2, 0) is 0 Å². The van der Waals surface area contributed by atoms with Crippen molar-refractivity contribution in [3.63, 3.8) is 0 Å². The van der Waals surface area contributed by atoms with Gasteiger partial charge in [-0.25, -0.2) is 0 Å². The van der Waals surface area contributed by atoms with Crippen molar-refractivity contribution in [1.29, 1.82) is 0 Å². The van der Waals surface area contributed by atoms with Gasteiger partial charge in [-0.15, -0.1) is 0 Å². The molecular formula is C18H30N2O. The van der Waals surface area contributed by atoms with Gasteiger partial charge in [0.05, 0.1) is 7.11 Å². The average Bonchev–Trinajstić information content (AvgIpc) is 2.44. The van der Waals surface area contributed by atoms with Crippen molar-refractivity contribution in [1.82, 2.24) is 5.32 Å². The second-order valence-corrected chi connectivity index (χ2v) is 7.59. The minimum Gasteiger partial charge on any atom is -0.497 e. The molecule has 0 bridgehead atoms. The lowest BCUT2D eigenvalue weighted by molar-refractivity contribution is 0.300. The fraction of sp³-hybridized carbons (Fsp3) is 0.667. The van der Waals surface area contributed by atoms with Crippen LogP contribution in [0.5, 0.6) is 5.75 Å². The lowest BCUT2D eigenvalue weighted by Gasteiger charge is -2.39. The van der Waals surface area contributed by atoms with E-state index in [1.807, 2.05) is 6.07 Å². The Bertz CT molecular complexity index is 453. The lowest BCUT2D eigenvalue weighted by atomic mass is 9.92. The molecule has 3 heteroatoms. The number of hydrogen-bond acceptors (Lipinski definition) is 3. The number of benzene rings is 1. The summed E-state index contributed by atoms with van der Waals surface area (Å²) in [5.41, 5.74) is 1.60. The summed E-state index contributed by atoms with van der Waals surface area (Å²) >= 11 is 0. The SMILES string of the molecule is COc1cccc(N2CC(C)CC(NCC(C)(C)C)C2)c1. The summed E-state index contributed by atoms with van der Waals surface area (Å²) in [7, 11) is 1.73. The molecule has 1 aliphatic rings. The molecule has 2 atom stereocenters. The van der Waals surface area contributed by atoms with Gasteiger partial charge in [-0.05, 0) is 29.9 Å². The van der Waals surface area contributed by atoms with E-state index in [0.717, 1.165) is 25.4 Å². The molecule has 3 nitrogen and oxygen atoms in total. The van der Waals surface area contributed by atoms with Gasteiger partial charge in [0.1, 0.15) is 5.75 Å². The Kier molecular flexibility index (Phi) is 5.15. The molecule has 1 heterocycles. The van der Waals surface area contributed by atoms with Crippen molar-refractivity contribution >= 4 is 5.69 Å². The van der Waals surface area contributed by atoms with Crippen LogP contribution in [0.1, 0.15) is 34.1 Å². The molecule has 1 aliphatic heterocycles. The van der Waals surface area contributed by atoms with Crippen molar-refractivity contribution in [3.8, 4) is 5.75 Å². The van der Waals surface area contributed by atoms with E-state index in [9.17, 15) is 0 Å². The highest BCUT2D eigenvalue weighted by Gasteiger charge is 2.25. The number of anilines is 1. The molecule has 1 aromatic rings. The van der Waals surface area contributed by atoms with Crippen LogP contribution in [-0.4, -0.2) is 32.8 Å². The van der Waals surface area contributed by atoms with Gasteiger partial charge in [0.2, 0.25) is 0 Å². The summed E-state index contributed by atoms with van der Waals surface area (Å²) in [5.74, 6) is 1.65. The van der Waals surface area contributed by atoms with Crippen molar-refractivity contribution in [2.45, 2.75) is 40.2 Å². The molecule has 118 valence electrons. The molecular weight excluding hydrogens is 260 g/mol. The van der Waals surface area contributed by atoms with Crippen LogP contribution in [0.2, 0.25) is 0 Å². The van der Waals surface area contributed by atoms with Crippen LogP contribution in [0.3, 0.4) is 0 Å². The maximum Gasteiger partial charge on any atom is 0.120 e. The normalized spacial score (nSPS) is 23.2.